The van der Waals surface area contributed by atoms with Gasteiger partial charge in [0.1, 0.15) is 49.4 Å². The van der Waals surface area contributed by atoms with Crippen LogP contribution in [0.2, 0.25) is 0 Å². The van der Waals surface area contributed by atoms with Crippen molar-refractivity contribution in [3.05, 3.63) is 113 Å². The van der Waals surface area contributed by atoms with Gasteiger partial charge in [0.05, 0.1) is 98.3 Å². The number of aromatic amines is 1. The monoisotopic (exact) mass is 1490 g/mol. The number of aromatic nitrogens is 6. The number of H-pyrrole nitrogens is 1. The van der Waals surface area contributed by atoms with Crippen LogP contribution in [-0.2, 0) is 97.5 Å². The SMILES string of the molecule is CC(C)[C@H](NC(=O)CCOCCOCCOCCOCCOCCN1C(=O)C=CC1=O)C(=O)N[C@@H](C)C(=O)Nc1ccc(COC(=O)N(C)Cc2ccccc2C(=O)Nc2nc3c(ncn3[C@@H]3O[C@H]4CO[P@@](=O)(S)O[C@H]5C[C@H](Oc6ccncn6)C[C@@H]5CO[P@@](=O)(S)O[C@@H]3[C@@H]4O)c(=O)[nH]2)cc1. The maximum absolute atomic E-state index is 14.0. The van der Waals surface area contributed by atoms with Crippen molar-refractivity contribution >= 4 is 102 Å². The first-order chi connectivity index (χ1) is 48.4. The molecule has 1 saturated carbocycles. The topological polar surface area (TPSA) is 429 Å². The predicted octanol–water partition coefficient (Wildman–Crippen LogP) is 3.92. The number of thiol groups is 2. The fraction of sp³-hybridized carbons (Fsp3) is 0.516. The maximum Gasteiger partial charge on any atom is 0.410 e. The summed E-state index contributed by atoms with van der Waals surface area (Å²) in [5.41, 5.74) is 0.176. The molecule has 35 nitrogen and oxygen atoms in total. The zero-order valence-electron chi connectivity index (χ0n) is 55.4. The highest BCUT2D eigenvalue weighted by atomic mass is 32.7. The van der Waals surface area contributed by atoms with Crippen molar-refractivity contribution in [2.24, 2.45) is 11.8 Å². The molecule has 548 valence electrons. The second kappa shape index (κ2) is 37.0. The second-order valence-electron chi connectivity index (χ2n) is 23.8. The van der Waals surface area contributed by atoms with E-state index in [4.69, 9.17) is 56.0 Å². The Kier molecular flexibility index (Phi) is 28.4. The van der Waals surface area contributed by atoms with Gasteiger partial charge in [-0.15, -0.1) is 0 Å². The number of carbonyl (C=O) groups is 7. The van der Waals surface area contributed by atoms with E-state index in [0.717, 1.165) is 11.2 Å². The Morgan fingerprint density at radius 1 is 0.772 bits per heavy atom. The Balaban J connectivity index is 0.680. The number of hydrogen-bond donors (Lipinski definition) is 8. The summed E-state index contributed by atoms with van der Waals surface area (Å²) in [4.78, 5) is 125. The first-order valence-electron chi connectivity index (χ1n) is 32.1. The fourth-order valence-corrected chi connectivity index (χ4v) is 13.8. The van der Waals surface area contributed by atoms with E-state index in [9.17, 15) is 52.6 Å². The predicted molar refractivity (Wildman–Crippen MR) is 362 cm³/mol. The molecule has 6 N–H and O–H groups in total. The van der Waals surface area contributed by atoms with Gasteiger partial charge < -0.3 is 68.4 Å². The van der Waals surface area contributed by atoms with Crippen molar-refractivity contribution in [1.82, 2.24) is 49.9 Å². The quantitative estimate of drug-likeness (QED) is 0.0128. The average Bonchev–Trinajstić information content (AvgIpc) is 1.61. The lowest BCUT2D eigenvalue weighted by atomic mass is 10.0. The number of carbonyl (C=O) groups excluding carboxylic acids is 7. The van der Waals surface area contributed by atoms with Crippen LogP contribution in [0.1, 0.15) is 67.7 Å². The number of aliphatic hydroxyl groups is 1. The van der Waals surface area contributed by atoms with Crippen LogP contribution < -0.4 is 31.6 Å². The summed E-state index contributed by atoms with van der Waals surface area (Å²) < 4.78 is 97.1. The standard InChI is InChI=1S/C62H80N12O23P2S2/c1-37(2)51(68-47(75)16-19-86-21-23-88-25-27-90-28-26-89-24-22-87-20-18-73-49(76)13-14-50(73)77)58(81)66-38(3)56(79)67-42-11-9-39(10-12-42)32-91-62(83)72(4)31-40-7-5-6-8-44(40)57(80)70-61-69-55-52(59(82)71-61)65-36-74(55)60-54-53(78)46(95-60)34-93-98(84,100)96-45-30-43(94-48-15-17-63-35-64-48)29-41(45)33-92-99(85,101)97-54/h5-15,17,35-38,41,43,45-46,51,53-54,60,78H,16,18-34H2,1-4H3,(H,66,81)(H,67,79)(H,68,75)(H,84,100)(H,85,101)(H2,69,70,71,80,82)/t38-,41+,43+,45-,46-,51-,53+,54+,60+,98+,99+/m0/s1. The average molecular weight is 1490 g/mol. The molecule has 2 saturated heterocycles. The van der Waals surface area contributed by atoms with Gasteiger partial charge in [0.2, 0.25) is 29.5 Å². The molecular weight excluding hydrogens is 1410 g/mol. The molecule has 7 amide bonds. The number of imide groups is 1. The van der Waals surface area contributed by atoms with Gasteiger partial charge in [-0.25, -0.2) is 28.9 Å². The van der Waals surface area contributed by atoms with Gasteiger partial charge in [-0.1, -0.05) is 68.7 Å². The fourth-order valence-electron chi connectivity index (χ4n) is 10.7. The lowest BCUT2D eigenvalue weighted by Gasteiger charge is -2.26. The minimum absolute atomic E-state index is 0.0248. The lowest BCUT2D eigenvalue weighted by Crippen LogP contribution is -2.53. The minimum Gasteiger partial charge on any atom is -0.474 e. The second-order valence-corrected chi connectivity index (χ2v) is 29.5. The molecule has 39 heteroatoms. The number of benzene rings is 2. The number of imidazole rings is 1. The summed E-state index contributed by atoms with van der Waals surface area (Å²) in [5, 5.41) is 22.3. The Bertz CT molecular complexity index is 3860. The number of hydrogen-bond acceptors (Lipinski definition) is 27. The van der Waals surface area contributed by atoms with Crippen LogP contribution >= 0.6 is 38.1 Å². The van der Waals surface area contributed by atoms with E-state index >= 15 is 0 Å². The van der Waals surface area contributed by atoms with Gasteiger partial charge in [0.25, 0.3) is 23.3 Å². The molecule has 3 aliphatic heterocycles. The smallest absolute Gasteiger partial charge is 0.410 e. The van der Waals surface area contributed by atoms with E-state index < -0.39 is 110 Å². The molecule has 3 fully saturated rings. The molecular formula is C62H80N12O23P2S2. The third-order valence-corrected chi connectivity index (χ3v) is 19.2. The molecule has 6 heterocycles. The van der Waals surface area contributed by atoms with E-state index in [1.165, 1.54) is 54.2 Å². The van der Waals surface area contributed by atoms with Gasteiger partial charge in [-0.3, -0.25) is 66.9 Å². The Morgan fingerprint density at radius 3 is 2.10 bits per heavy atom. The zero-order valence-corrected chi connectivity index (χ0v) is 59.0. The van der Waals surface area contributed by atoms with Crippen LogP contribution in [0, 0.1) is 11.8 Å². The summed E-state index contributed by atoms with van der Waals surface area (Å²) in [6.45, 7) is -1.81. The number of nitrogens with zero attached hydrogens (tertiary/aromatic N) is 7. The number of ether oxygens (including phenoxy) is 8. The van der Waals surface area contributed by atoms with Crippen LogP contribution in [-0.4, -0.2) is 221 Å². The van der Waals surface area contributed by atoms with Crippen molar-refractivity contribution in [3.8, 4) is 5.88 Å². The Labute approximate surface area is 589 Å². The molecule has 101 heavy (non-hydrogen) atoms. The maximum atomic E-state index is 14.0. The van der Waals surface area contributed by atoms with Gasteiger partial charge >= 0.3 is 19.7 Å². The van der Waals surface area contributed by atoms with Crippen LogP contribution in [0.5, 0.6) is 5.88 Å². The van der Waals surface area contributed by atoms with E-state index in [2.05, 4.69) is 70.7 Å². The molecule has 11 atom stereocenters. The molecule has 0 spiro atoms. The molecule has 2 bridgehead atoms. The number of amides is 7. The summed E-state index contributed by atoms with van der Waals surface area (Å²) in [6.07, 6.45) is -1.24. The van der Waals surface area contributed by atoms with E-state index in [0.29, 0.717) is 56.5 Å². The minimum atomic E-state index is -4.39. The highest BCUT2D eigenvalue weighted by Crippen LogP contribution is 2.60. The van der Waals surface area contributed by atoms with Crippen molar-refractivity contribution in [1.29, 1.82) is 0 Å². The molecule has 2 aromatic carbocycles. The van der Waals surface area contributed by atoms with E-state index in [1.54, 1.807) is 62.4 Å². The molecule has 9 rings (SSSR count). The number of anilines is 2. The summed E-state index contributed by atoms with van der Waals surface area (Å²) >= 11 is 8.43. The van der Waals surface area contributed by atoms with Crippen LogP contribution in [0.4, 0.5) is 16.4 Å². The Hall–Kier alpha value is -7.58. The lowest BCUT2D eigenvalue weighted by molar-refractivity contribution is -0.137. The van der Waals surface area contributed by atoms with Crippen molar-refractivity contribution in [3.63, 3.8) is 0 Å². The first-order valence-corrected chi connectivity index (χ1v) is 37.5. The van der Waals surface area contributed by atoms with Crippen LogP contribution in [0.25, 0.3) is 11.2 Å². The first kappa shape index (κ1) is 77.6. The highest BCUT2D eigenvalue weighted by Gasteiger charge is 2.51. The van der Waals surface area contributed by atoms with Crippen molar-refractivity contribution < 1.29 is 104 Å². The molecule has 1 aliphatic carbocycles. The molecule has 0 unspecified atom stereocenters. The summed E-state index contributed by atoms with van der Waals surface area (Å²) in [5.74, 6) is -3.95. The third kappa shape index (κ3) is 22.7. The third-order valence-electron chi connectivity index (χ3n) is 16.0. The summed E-state index contributed by atoms with van der Waals surface area (Å²) in [7, 11) is 1.46. The number of rotatable bonds is 33. The molecule has 3 aromatic heterocycles. The van der Waals surface area contributed by atoms with Crippen molar-refractivity contribution in [2.75, 3.05) is 104 Å². The largest absolute Gasteiger partial charge is 0.474 e. The number of aliphatic hydroxyl groups excluding tert-OH is 1. The van der Waals surface area contributed by atoms with Gasteiger partial charge in [-0.2, -0.15) is 4.98 Å². The van der Waals surface area contributed by atoms with Crippen LogP contribution in [0.15, 0.2) is 90.4 Å². The molecule has 0 radical (unpaired) electrons. The molecule has 4 aliphatic rings. The van der Waals surface area contributed by atoms with Gasteiger partial charge in [0, 0.05) is 68.0 Å². The van der Waals surface area contributed by atoms with Gasteiger partial charge in [0.15, 0.2) is 17.4 Å². The van der Waals surface area contributed by atoms with Crippen molar-refractivity contribution in [2.45, 2.75) is 102 Å². The highest BCUT2D eigenvalue weighted by molar-refractivity contribution is 8.44. The van der Waals surface area contributed by atoms with E-state index in [1.807, 2.05) is 0 Å². The molecule has 5 aromatic rings. The van der Waals surface area contributed by atoms with E-state index in [-0.39, 0.29) is 118 Å². The zero-order chi connectivity index (χ0) is 72.2. The number of fused-ring (bicyclic) bond motifs is 4. The summed E-state index contributed by atoms with van der Waals surface area (Å²) in [6, 6.07) is 12.4. The Morgan fingerprint density at radius 2 is 1.43 bits per heavy atom. The number of nitrogens with one attached hydrogen (secondary N) is 5. The normalized spacial score (nSPS) is 23.5. The van der Waals surface area contributed by atoms with Gasteiger partial charge in [-0.05, 0) is 48.6 Å². The van der Waals surface area contributed by atoms with Crippen LogP contribution in [0.3, 0.4) is 0 Å².